The molecule has 2 aliphatic rings. The molecule has 1 atom stereocenters. The van der Waals surface area contributed by atoms with Crippen molar-refractivity contribution in [2.24, 2.45) is 0 Å². The van der Waals surface area contributed by atoms with Crippen LogP contribution in [0.25, 0.3) is 0 Å². The van der Waals surface area contributed by atoms with Crippen LogP contribution in [0.1, 0.15) is 27.6 Å². The third-order valence-electron chi connectivity index (χ3n) is 4.21. The van der Waals surface area contributed by atoms with Crippen molar-refractivity contribution in [1.82, 2.24) is 14.9 Å². The van der Waals surface area contributed by atoms with Gasteiger partial charge in [-0.2, -0.15) is 0 Å². The molecule has 2 aromatic rings. The number of thioether (sulfide) groups is 1. The molecule has 2 saturated heterocycles. The number of aryl methyl sites for hydroxylation is 1. The van der Waals surface area contributed by atoms with Gasteiger partial charge in [0.05, 0.1) is 28.2 Å². The van der Waals surface area contributed by atoms with Gasteiger partial charge in [-0.15, -0.1) is 23.1 Å². The minimum absolute atomic E-state index is 0.0488. The summed E-state index contributed by atoms with van der Waals surface area (Å²) in [7, 11) is 0. The van der Waals surface area contributed by atoms with Crippen LogP contribution in [0.15, 0.2) is 22.5 Å². The largest absolute Gasteiger partial charge is 0.451 e. The summed E-state index contributed by atoms with van der Waals surface area (Å²) in [5.74, 6) is 0.932. The summed E-state index contributed by atoms with van der Waals surface area (Å²) < 4.78 is 11.0. The molecule has 0 aromatic carbocycles. The van der Waals surface area contributed by atoms with Crippen LogP contribution in [0, 0.1) is 6.92 Å². The third-order valence-corrected chi connectivity index (χ3v) is 6.60. The molecule has 2 aliphatic heterocycles. The number of oxazole rings is 1. The van der Waals surface area contributed by atoms with E-state index in [2.05, 4.69) is 15.3 Å². The minimum atomic E-state index is -0.0488. The van der Waals surface area contributed by atoms with E-state index >= 15 is 0 Å². The van der Waals surface area contributed by atoms with E-state index in [1.807, 2.05) is 23.6 Å². The van der Waals surface area contributed by atoms with E-state index in [1.165, 1.54) is 12.7 Å². The lowest BCUT2D eigenvalue weighted by Crippen LogP contribution is -2.60. The highest BCUT2D eigenvalue weighted by atomic mass is 32.2. The maximum atomic E-state index is 12.2. The molecule has 122 valence electrons. The predicted molar refractivity (Wildman–Crippen MR) is 87.6 cm³/mol. The number of nitrogens with zero attached hydrogens (tertiary/aromatic N) is 3. The number of likely N-dealkylation sites (tertiary alicyclic amines) is 1. The van der Waals surface area contributed by atoms with Crippen LogP contribution in [0.5, 0.6) is 0 Å². The van der Waals surface area contributed by atoms with E-state index in [-0.39, 0.29) is 16.8 Å². The van der Waals surface area contributed by atoms with Gasteiger partial charge < -0.3 is 14.1 Å². The molecule has 1 amide bonds. The van der Waals surface area contributed by atoms with Crippen LogP contribution in [0.2, 0.25) is 0 Å². The highest BCUT2D eigenvalue weighted by molar-refractivity contribution is 8.01. The molecular formula is C15H17N3O3S2. The normalized spacial score (nSPS) is 22.5. The van der Waals surface area contributed by atoms with E-state index in [4.69, 9.17) is 9.15 Å². The number of amides is 1. The van der Waals surface area contributed by atoms with Crippen molar-refractivity contribution in [3.05, 3.63) is 34.4 Å². The Morgan fingerprint density at radius 3 is 3.13 bits per heavy atom. The summed E-state index contributed by atoms with van der Waals surface area (Å²) in [4.78, 5) is 22.4. The molecule has 0 bridgehead atoms. The van der Waals surface area contributed by atoms with Crippen LogP contribution in [0.4, 0.5) is 0 Å². The fourth-order valence-electron chi connectivity index (χ4n) is 3.08. The second-order valence-electron chi connectivity index (χ2n) is 6.02. The fourth-order valence-corrected chi connectivity index (χ4v) is 5.23. The Bertz CT molecular complexity index is 695. The Hall–Kier alpha value is -1.38. The lowest BCUT2D eigenvalue weighted by molar-refractivity contribution is 0.0244. The summed E-state index contributed by atoms with van der Waals surface area (Å²) in [6, 6.07) is 0. The fraction of sp³-hybridized carbons (Fsp3) is 0.533. The van der Waals surface area contributed by atoms with Crippen molar-refractivity contribution in [3.63, 3.8) is 0 Å². The Morgan fingerprint density at radius 2 is 2.43 bits per heavy atom. The summed E-state index contributed by atoms with van der Waals surface area (Å²) in [6.07, 6.45) is 3.92. The van der Waals surface area contributed by atoms with Gasteiger partial charge in [-0.25, -0.2) is 9.97 Å². The molecule has 4 rings (SSSR count). The van der Waals surface area contributed by atoms with Gasteiger partial charge in [0.1, 0.15) is 6.26 Å². The Kier molecular flexibility index (Phi) is 3.90. The Balaban J connectivity index is 1.27. The van der Waals surface area contributed by atoms with E-state index in [9.17, 15) is 4.79 Å². The number of ether oxygens (including phenoxy) is 1. The lowest BCUT2D eigenvalue weighted by Gasteiger charge is -2.47. The van der Waals surface area contributed by atoms with Crippen molar-refractivity contribution < 1.29 is 13.9 Å². The van der Waals surface area contributed by atoms with Gasteiger partial charge in [-0.05, 0) is 13.3 Å². The number of carbonyl (C=O) groups excluding carboxylic acids is 1. The van der Waals surface area contributed by atoms with Crippen LogP contribution >= 0.6 is 23.1 Å². The number of hydrogen-bond acceptors (Lipinski definition) is 7. The molecule has 0 N–H and O–H groups in total. The van der Waals surface area contributed by atoms with Gasteiger partial charge in [0, 0.05) is 24.2 Å². The first-order chi connectivity index (χ1) is 11.1. The molecule has 8 heteroatoms. The van der Waals surface area contributed by atoms with Crippen LogP contribution in [0.3, 0.4) is 0 Å². The molecule has 1 spiro atoms. The molecular weight excluding hydrogens is 334 g/mol. The molecule has 6 nitrogen and oxygen atoms in total. The monoisotopic (exact) mass is 351 g/mol. The van der Waals surface area contributed by atoms with Gasteiger partial charge in [0.25, 0.3) is 5.91 Å². The van der Waals surface area contributed by atoms with E-state index < -0.39 is 0 Å². The standard InChI is InChI=1S/C15H17N3O3S2/c1-10-17-11(5-22-10)3-21-12-2-15(23-6-12)7-18(8-15)14(19)13-4-20-9-16-13/h4-5,9,12H,2-3,6-8H2,1H3/t12-/m1/s1. The molecule has 4 heterocycles. The topological polar surface area (TPSA) is 68.5 Å². The maximum Gasteiger partial charge on any atom is 0.275 e. The smallest absolute Gasteiger partial charge is 0.275 e. The second kappa shape index (κ2) is 5.92. The first-order valence-corrected chi connectivity index (χ1v) is 9.34. The lowest BCUT2D eigenvalue weighted by atomic mass is 9.92. The molecule has 0 aliphatic carbocycles. The zero-order valence-electron chi connectivity index (χ0n) is 12.7. The first kappa shape index (κ1) is 15.2. The van der Waals surface area contributed by atoms with Crippen LogP contribution in [-0.2, 0) is 11.3 Å². The van der Waals surface area contributed by atoms with E-state index in [0.717, 1.165) is 36.0 Å². The number of carbonyl (C=O) groups is 1. The van der Waals surface area contributed by atoms with Gasteiger partial charge in [-0.3, -0.25) is 4.79 Å². The summed E-state index contributed by atoms with van der Waals surface area (Å²) >= 11 is 3.57. The van der Waals surface area contributed by atoms with Crippen molar-refractivity contribution in [2.75, 3.05) is 18.8 Å². The first-order valence-electron chi connectivity index (χ1n) is 7.48. The Morgan fingerprint density at radius 1 is 1.57 bits per heavy atom. The van der Waals surface area contributed by atoms with Crippen molar-refractivity contribution >= 4 is 29.0 Å². The van der Waals surface area contributed by atoms with Crippen LogP contribution < -0.4 is 0 Å². The highest BCUT2D eigenvalue weighted by Crippen LogP contribution is 2.46. The quantitative estimate of drug-likeness (QED) is 0.842. The summed E-state index contributed by atoms with van der Waals surface area (Å²) in [5.41, 5.74) is 1.39. The average molecular weight is 351 g/mol. The second-order valence-corrected chi connectivity index (χ2v) is 8.57. The molecule has 23 heavy (non-hydrogen) atoms. The average Bonchev–Trinajstić information content (AvgIpc) is 3.23. The van der Waals surface area contributed by atoms with E-state index in [0.29, 0.717) is 12.3 Å². The molecule has 2 fully saturated rings. The van der Waals surface area contributed by atoms with Gasteiger partial charge in [0.15, 0.2) is 12.1 Å². The van der Waals surface area contributed by atoms with Gasteiger partial charge >= 0.3 is 0 Å². The molecule has 2 aromatic heterocycles. The zero-order chi connectivity index (χ0) is 15.9. The maximum absolute atomic E-state index is 12.2. The highest BCUT2D eigenvalue weighted by Gasteiger charge is 2.51. The summed E-state index contributed by atoms with van der Waals surface area (Å²) in [6.45, 7) is 4.11. The number of rotatable bonds is 4. The molecule has 0 radical (unpaired) electrons. The minimum Gasteiger partial charge on any atom is -0.451 e. The number of thiazole rings is 1. The van der Waals surface area contributed by atoms with Crippen LogP contribution in [-0.4, -0.2) is 50.5 Å². The number of aromatic nitrogens is 2. The van der Waals surface area contributed by atoms with Crippen molar-refractivity contribution in [1.29, 1.82) is 0 Å². The van der Waals surface area contributed by atoms with E-state index in [1.54, 1.807) is 11.3 Å². The predicted octanol–water partition coefficient (Wildman–Crippen LogP) is 2.36. The molecule has 0 saturated carbocycles. The molecule has 0 unspecified atom stereocenters. The Labute approximate surface area is 142 Å². The van der Waals surface area contributed by atoms with Crippen molar-refractivity contribution in [2.45, 2.75) is 30.8 Å². The number of hydrogen-bond donors (Lipinski definition) is 0. The SMILES string of the molecule is Cc1nc(CO[C@H]2CSC3(C2)CN(C(=O)c2cocn2)C3)cs1. The van der Waals surface area contributed by atoms with Crippen molar-refractivity contribution in [3.8, 4) is 0 Å². The van der Waals surface area contributed by atoms with Gasteiger partial charge in [0.2, 0.25) is 0 Å². The summed E-state index contributed by atoms with van der Waals surface area (Å²) in [5, 5.41) is 3.12. The van der Waals surface area contributed by atoms with Gasteiger partial charge in [-0.1, -0.05) is 0 Å². The third kappa shape index (κ3) is 3.02. The zero-order valence-corrected chi connectivity index (χ0v) is 14.4.